The summed E-state index contributed by atoms with van der Waals surface area (Å²) in [4.78, 5) is 0.151. The van der Waals surface area contributed by atoms with Crippen molar-refractivity contribution in [3.8, 4) is 0 Å². The summed E-state index contributed by atoms with van der Waals surface area (Å²) in [5, 5.41) is 0. The number of halogens is 3. The van der Waals surface area contributed by atoms with Gasteiger partial charge in [-0.25, -0.2) is 8.39 Å². The van der Waals surface area contributed by atoms with Gasteiger partial charge in [0.25, 0.3) is 0 Å². The number of benzene rings is 1. The Hall–Kier alpha value is 0.0600. The highest BCUT2D eigenvalue weighted by atomic mass is 35.5. The monoisotopic (exact) mass is 274 g/mol. The highest BCUT2D eigenvalue weighted by Gasteiger charge is 2.30. The van der Waals surface area contributed by atoms with Crippen molar-refractivity contribution in [3.63, 3.8) is 0 Å². The van der Waals surface area contributed by atoms with Crippen LogP contribution in [0.1, 0.15) is 0 Å². The standard InChI is InChI=1S/C7H5Cl2FO2S2/c8-7(9,10)12-14(11,13)6-4-2-1-3-5-6/h1-5H. The lowest BCUT2D eigenvalue weighted by Gasteiger charge is -2.12. The average molecular weight is 275 g/mol. The SMILES string of the molecule is O=S(=S)(OC(F)(Cl)Cl)c1ccccc1. The molecule has 7 heteroatoms. The second-order valence-corrected chi connectivity index (χ2v) is 6.32. The van der Waals surface area contributed by atoms with Crippen LogP contribution in [-0.4, -0.2) is 8.98 Å². The molecule has 0 saturated carbocycles. The van der Waals surface area contributed by atoms with Gasteiger partial charge in [-0.1, -0.05) is 18.2 Å². The minimum Gasteiger partial charge on any atom is -0.223 e. The first-order valence-corrected chi connectivity index (χ1v) is 6.55. The largest absolute Gasteiger partial charge is 0.380 e. The van der Waals surface area contributed by atoms with Crippen molar-refractivity contribution in [2.45, 2.75) is 9.67 Å². The molecule has 0 bridgehead atoms. The molecule has 0 aliphatic heterocycles. The van der Waals surface area contributed by atoms with Crippen molar-refractivity contribution in [1.29, 1.82) is 0 Å². The normalized spacial score (nSPS) is 16.2. The summed E-state index contributed by atoms with van der Waals surface area (Å²) >= 11 is 14.4. The van der Waals surface area contributed by atoms with Crippen molar-refractivity contribution in [1.82, 2.24) is 0 Å². The summed E-state index contributed by atoms with van der Waals surface area (Å²) < 4.78 is 25.4. The molecule has 1 aromatic carbocycles. The Morgan fingerprint density at radius 3 is 2.29 bits per heavy atom. The molecule has 0 aliphatic carbocycles. The molecule has 0 saturated heterocycles. The van der Waals surface area contributed by atoms with Crippen LogP contribution in [0.2, 0.25) is 0 Å². The molecule has 0 aromatic heterocycles. The van der Waals surface area contributed by atoms with Crippen LogP contribution < -0.4 is 0 Å². The van der Waals surface area contributed by atoms with E-state index in [-0.39, 0.29) is 4.90 Å². The molecule has 78 valence electrons. The summed E-state index contributed by atoms with van der Waals surface area (Å²) in [6.45, 7) is 0. The van der Waals surface area contributed by atoms with Crippen molar-refractivity contribution in [3.05, 3.63) is 30.3 Å². The highest BCUT2D eigenvalue weighted by molar-refractivity contribution is 8.30. The Balaban J connectivity index is 2.99. The third-order valence-electron chi connectivity index (χ3n) is 1.24. The van der Waals surface area contributed by atoms with Crippen LogP contribution in [0.3, 0.4) is 0 Å². The van der Waals surface area contributed by atoms with Crippen LogP contribution in [0.25, 0.3) is 0 Å². The van der Waals surface area contributed by atoms with Gasteiger partial charge in [0.2, 0.25) is 0 Å². The van der Waals surface area contributed by atoms with E-state index in [9.17, 15) is 8.60 Å². The highest BCUT2D eigenvalue weighted by Crippen LogP contribution is 2.29. The van der Waals surface area contributed by atoms with E-state index in [4.69, 9.17) is 23.2 Å². The van der Waals surface area contributed by atoms with E-state index in [0.717, 1.165) is 0 Å². The molecule has 0 radical (unpaired) electrons. The van der Waals surface area contributed by atoms with Gasteiger partial charge in [0, 0.05) is 11.2 Å². The average Bonchev–Trinajstić information content (AvgIpc) is 2.01. The zero-order chi connectivity index (χ0) is 10.8. The smallest absolute Gasteiger partial charge is 0.223 e. The van der Waals surface area contributed by atoms with Crippen LogP contribution in [0, 0.1) is 0 Å². The van der Waals surface area contributed by atoms with Gasteiger partial charge in [-0.2, -0.15) is 4.39 Å². The fourth-order valence-electron chi connectivity index (χ4n) is 0.760. The first kappa shape index (κ1) is 12.1. The number of hydrogen-bond donors (Lipinski definition) is 0. The van der Waals surface area contributed by atoms with Gasteiger partial charge in [0.1, 0.15) is 0 Å². The summed E-state index contributed by atoms with van der Waals surface area (Å²) in [7, 11) is -3.42. The van der Waals surface area contributed by atoms with Gasteiger partial charge >= 0.3 is 4.77 Å². The van der Waals surface area contributed by atoms with Crippen LogP contribution in [0.4, 0.5) is 4.39 Å². The summed E-state index contributed by atoms with van der Waals surface area (Å²) in [6.07, 6.45) is 0. The van der Waals surface area contributed by atoms with E-state index in [1.165, 1.54) is 12.1 Å². The molecular formula is C7H5Cl2FO2S2. The van der Waals surface area contributed by atoms with E-state index in [1.54, 1.807) is 18.2 Å². The lowest BCUT2D eigenvalue weighted by atomic mass is 10.4. The molecule has 0 N–H and O–H groups in total. The van der Waals surface area contributed by atoms with Crippen LogP contribution >= 0.6 is 23.2 Å². The molecule has 0 heterocycles. The lowest BCUT2D eigenvalue weighted by Crippen LogP contribution is -2.16. The molecule has 1 unspecified atom stereocenters. The first-order chi connectivity index (χ1) is 6.31. The van der Waals surface area contributed by atoms with Crippen LogP contribution in [-0.2, 0) is 24.1 Å². The van der Waals surface area contributed by atoms with Crippen molar-refractivity contribution >= 4 is 43.2 Å². The number of hydrogen-bond acceptors (Lipinski definition) is 3. The molecular weight excluding hydrogens is 270 g/mol. The van der Waals surface area contributed by atoms with Gasteiger partial charge in [-0.05, 0) is 35.3 Å². The lowest BCUT2D eigenvalue weighted by molar-refractivity contribution is 0.120. The Labute approximate surface area is 95.8 Å². The number of alkyl halides is 3. The van der Waals surface area contributed by atoms with Crippen LogP contribution in [0.5, 0.6) is 0 Å². The van der Waals surface area contributed by atoms with Gasteiger partial charge in [-0.15, -0.1) is 0 Å². The van der Waals surface area contributed by atoms with Crippen LogP contribution in [0.15, 0.2) is 35.2 Å². The fraction of sp³-hybridized carbons (Fsp3) is 0.143. The molecule has 0 fully saturated rings. The van der Waals surface area contributed by atoms with E-state index < -0.39 is 13.5 Å². The zero-order valence-corrected chi connectivity index (χ0v) is 9.80. The molecule has 0 spiro atoms. The Morgan fingerprint density at radius 2 is 1.86 bits per heavy atom. The second-order valence-electron chi connectivity index (χ2n) is 2.30. The summed E-state index contributed by atoms with van der Waals surface area (Å²) in [5.74, 6) is 0. The second kappa shape index (κ2) is 4.28. The third kappa shape index (κ3) is 3.67. The van der Waals surface area contributed by atoms with Gasteiger partial charge in [-0.3, -0.25) is 0 Å². The quantitative estimate of drug-likeness (QED) is 0.793. The van der Waals surface area contributed by atoms with E-state index in [1.807, 2.05) is 0 Å². The van der Waals surface area contributed by atoms with E-state index in [0.29, 0.717) is 0 Å². The Bertz CT molecular complexity index is 399. The van der Waals surface area contributed by atoms with Crippen molar-refractivity contribution in [2.75, 3.05) is 0 Å². The maximum Gasteiger partial charge on any atom is 0.380 e. The molecule has 0 amide bonds. The van der Waals surface area contributed by atoms with Crippen molar-refractivity contribution < 1.29 is 12.8 Å². The Morgan fingerprint density at radius 1 is 1.36 bits per heavy atom. The van der Waals surface area contributed by atoms with Gasteiger partial charge in [0.05, 0.1) is 4.90 Å². The minimum atomic E-state index is -3.42. The topological polar surface area (TPSA) is 26.3 Å². The molecule has 1 rings (SSSR count). The zero-order valence-electron chi connectivity index (χ0n) is 6.65. The van der Waals surface area contributed by atoms with E-state index >= 15 is 0 Å². The predicted octanol–water partition coefficient (Wildman–Crippen LogP) is 2.78. The number of rotatable bonds is 3. The minimum absolute atomic E-state index is 0.151. The third-order valence-corrected chi connectivity index (χ3v) is 3.65. The predicted molar refractivity (Wildman–Crippen MR) is 56.8 cm³/mol. The maximum absolute atomic E-state index is 12.6. The molecule has 2 nitrogen and oxygen atoms in total. The summed E-state index contributed by atoms with van der Waals surface area (Å²) in [6, 6.07) is 7.75. The first-order valence-electron chi connectivity index (χ1n) is 3.39. The van der Waals surface area contributed by atoms with E-state index in [2.05, 4.69) is 15.4 Å². The summed E-state index contributed by atoms with van der Waals surface area (Å²) in [5.41, 5.74) is 0. The fourth-order valence-corrected chi connectivity index (χ4v) is 2.97. The van der Waals surface area contributed by atoms with Gasteiger partial charge in [0.15, 0.2) is 8.77 Å². The molecule has 1 atom stereocenters. The molecule has 1 aromatic rings. The van der Waals surface area contributed by atoms with Crippen molar-refractivity contribution in [2.24, 2.45) is 0 Å². The Kier molecular flexibility index (Phi) is 3.71. The molecule has 14 heavy (non-hydrogen) atoms. The maximum atomic E-state index is 12.6. The molecule has 0 aliphatic rings. The van der Waals surface area contributed by atoms with Gasteiger partial charge < -0.3 is 0 Å².